The van der Waals surface area contributed by atoms with E-state index in [4.69, 9.17) is 0 Å². The van der Waals surface area contributed by atoms with Crippen molar-refractivity contribution >= 4 is 17.5 Å². The van der Waals surface area contributed by atoms with Gasteiger partial charge in [0.05, 0.1) is 0 Å². The maximum atomic E-state index is 12.6. The number of hydrogen-bond acceptors (Lipinski definition) is 5. The van der Waals surface area contributed by atoms with Gasteiger partial charge in [0.25, 0.3) is 5.91 Å². The van der Waals surface area contributed by atoms with Crippen molar-refractivity contribution in [1.29, 1.82) is 0 Å². The van der Waals surface area contributed by atoms with E-state index in [-0.39, 0.29) is 5.91 Å². The third-order valence-electron chi connectivity index (χ3n) is 4.29. The van der Waals surface area contributed by atoms with Crippen LogP contribution in [0.2, 0.25) is 0 Å². The average Bonchev–Trinajstić information content (AvgIpc) is 2.68. The average molecular weight is 361 g/mol. The lowest BCUT2D eigenvalue weighted by Crippen LogP contribution is -2.24. The first-order chi connectivity index (χ1) is 13.0. The zero-order valence-corrected chi connectivity index (χ0v) is 15.8. The van der Waals surface area contributed by atoms with Gasteiger partial charge in [-0.3, -0.25) is 9.78 Å². The van der Waals surface area contributed by atoms with Gasteiger partial charge in [0.15, 0.2) is 0 Å². The van der Waals surface area contributed by atoms with Gasteiger partial charge >= 0.3 is 0 Å². The van der Waals surface area contributed by atoms with Crippen molar-refractivity contribution in [2.45, 2.75) is 20.3 Å². The largest absolute Gasteiger partial charge is 0.344 e. The molecule has 0 fully saturated rings. The van der Waals surface area contributed by atoms with Crippen LogP contribution >= 0.6 is 0 Å². The SMILES string of the molecule is Cc1cc(C(=O)Nc2ccccc2C)nc(N(C)CCc2ccncc2)n1. The molecule has 0 unspecified atom stereocenters. The molecule has 6 heteroatoms. The minimum absolute atomic E-state index is 0.237. The third kappa shape index (κ3) is 4.88. The molecule has 0 atom stereocenters. The van der Waals surface area contributed by atoms with E-state index < -0.39 is 0 Å². The summed E-state index contributed by atoms with van der Waals surface area (Å²) >= 11 is 0. The van der Waals surface area contributed by atoms with Gasteiger partial charge in [0, 0.05) is 37.4 Å². The van der Waals surface area contributed by atoms with Gasteiger partial charge in [0.2, 0.25) is 5.95 Å². The van der Waals surface area contributed by atoms with Crippen molar-refractivity contribution < 1.29 is 4.79 Å². The fraction of sp³-hybridized carbons (Fsp3) is 0.238. The first-order valence-corrected chi connectivity index (χ1v) is 8.85. The summed E-state index contributed by atoms with van der Waals surface area (Å²) in [6.07, 6.45) is 4.42. The van der Waals surface area contributed by atoms with E-state index in [9.17, 15) is 4.79 Å². The standard InChI is InChI=1S/C21H23N5O/c1-15-6-4-5-7-18(15)24-20(27)19-14-16(2)23-21(25-19)26(3)13-10-17-8-11-22-12-9-17/h4-9,11-12,14H,10,13H2,1-3H3,(H,24,27). The lowest BCUT2D eigenvalue weighted by Gasteiger charge is -2.18. The molecule has 0 saturated carbocycles. The molecule has 1 N–H and O–H groups in total. The Bertz CT molecular complexity index is 927. The number of benzene rings is 1. The van der Waals surface area contributed by atoms with Crippen LogP contribution in [0.1, 0.15) is 27.3 Å². The number of rotatable bonds is 6. The van der Waals surface area contributed by atoms with Crippen LogP contribution in [0.3, 0.4) is 0 Å². The Morgan fingerprint density at radius 2 is 1.81 bits per heavy atom. The van der Waals surface area contributed by atoms with Crippen LogP contribution < -0.4 is 10.2 Å². The Morgan fingerprint density at radius 3 is 2.56 bits per heavy atom. The van der Waals surface area contributed by atoms with Gasteiger partial charge in [-0.15, -0.1) is 0 Å². The summed E-state index contributed by atoms with van der Waals surface area (Å²) in [5, 5.41) is 2.92. The second kappa shape index (κ2) is 8.40. The predicted molar refractivity (Wildman–Crippen MR) is 107 cm³/mol. The molecule has 1 aromatic carbocycles. The number of para-hydroxylation sites is 1. The van der Waals surface area contributed by atoms with Crippen molar-refractivity contribution in [2.75, 3.05) is 23.8 Å². The second-order valence-electron chi connectivity index (χ2n) is 6.49. The fourth-order valence-electron chi connectivity index (χ4n) is 2.69. The Labute approximate surface area is 159 Å². The normalized spacial score (nSPS) is 10.5. The first-order valence-electron chi connectivity index (χ1n) is 8.85. The molecule has 0 spiro atoms. The zero-order valence-electron chi connectivity index (χ0n) is 15.8. The Balaban J connectivity index is 1.73. The zero-order chi connectivity index (χ0) is 19.2. The molecule has 6 nitrogen and oxygen atoms in total. The number of aryl methyl sites for hydroxylation is 2. The highest BCUT2D eigenvalue weighted by Gasteiger charge is 2.14. The topological polar surface area (TPSA) is 71.0 Å². The number of hydrogen-bond donors (Lipinski definition) is 1. The van der Waals surface area contributed by atoms with Crippen LogP contribution in [0.5, 0.6) is 0 Å². The van der Waals surface area contributed by atoms with Crippen LogP contribution in [-0.4, -0.2) is 34.5 Å². The van der Waals surface area contributed by atoms with E-state index in [2.05, 4.69) is 20.3 Å². The number of carbonyl (C=O) groups is 1. The molecule has 0 aliphatic rings. The number of amides is 1. The quantitative estimate of drug-likeness (QED) is 0.728. The molecule has 1 amide bonds. The van der Waals surface area contributed by atoms with E-state index in [1.165, 1.54) is 5.56 Å². The number of anilines is 2. The summed E-state index contributed by atoms with van der Waals surface area (Å²) in [6.45, 7) is 4.57. The molecule has 0 aliphatic heterocycles. The van der Waals surface area contributed by atoms with E-state index in [0.29, 0.717) is 11.6 Å². The molecule has 2 aromatic heterocycles. The first kappa shape index (κ1) is 18.5. The Hall–Kier alpha value is -3.28. The molecular formula is C21H23N5O. The van der Waals surface area contributed by atoms with Crippen LogP contribution in [0.4, 0.5) is 11.6 Å². The van der Waals surface area contributed by atoms with Crippen molar-refractivity contribution in [2.24, 2.45) is 0 Å². The second-order valence-corrected chi connectivity index (χ2v) is 6.49. The molecule has 3 aromatic rings. The molecule has 2 heterocycles. The van der Waals surface area contributed by atoms with Crippen molar-refractivity contribution in [3.8, 4) is 0 Å². The maximum Gasteiger partial charge on any atom is 0.274 e. The van der Waals surface area contributed by atoms with Crippen molar-refractivity contribution in [1.82, 2.24) is 15.0 Å². The van der Waals surface area contributed by atoms with E-state index in [1.54, 1.807) is 18.5 Å². The van der Waals surface area contributed by atoms with Crippen molar-refractivity contribution in [3.63, 3.8) is 0 Å². The fourth-order valence-corrected chi connectivity index (χ4v) is 2.69. The van der Waals surface area contributed by atoms with E-state index in [0.717, 1.165) is 29.9 Å². The van der Waals surface area contributed by atoms with Gasteiger partial charge in [0.1, 0.15) is 5.69 Å². The van der Waals surface area contributed by atoms with Gasteiger partial charge in [-0.2, -0.15) is 0 Å². The van der Waals surface area contributed by atoms with E-state index >= 15 is 0 Å². The summed E-state index contributed by atoms with van der Waals surface area (Å²) in [6, 6.07) is 13.4. The van der Waals surface area contributed by atoms with Crippen LogP contribution in [0.15, 0.2) is 54.9 Å². The molecule has 0 radical (unpaired) electrons. The summed E-state index contributed by atoms with van der Waals surface area (Å²) in [5.74, 6) is 0.303. The summed E-state index contributed by atoms with van der Waals surface area (Å²) in [7, 11) is 1.93. The number of carbonyl (C=O) groups excluding carboxylic acids is 1. The van der Waals surface area contributed by atoms with Crippen LogP contribution in [0.25, 0.3) is 0 Å². The number of pyridine rings is 1. The highest BCUT2D eigenvalue weighted by molar-refractivity contribution is 6.03. The highest BCUT2D eigenvalue weighted by atomic mass is 16.1. The molecule has 0 saturated heterocycles. The van der Waals surface area contributed by atoms with Gasteiger partial charge in [-0.05, 0) is 55.7 Å². The minimum atomic E-state index is -0.237. The summed E-state index contributed by atoms with van der Waals surface area (Å²) in [4.78, 5) is 27.6. The van der Waals surface area contributed by atoms with E-state index in [1.807, 2.05) is 62.2 Å². The van der Waals surface area contributed by atoms with Crippen LogP contribution in [0, 0.1) is 13.8 Å². The number of nitrogens with zero attached hydrogens (tertiary/aromatic N) is 4. The molecule has 27 heavy (non-hydrogen) atoms. The lowest BCUT2D eigenvalue weighted by atomic mass is 10.2. The number of likely N-dealkylation sites (N-methyl/N-ethyl adjacent to an activating group) is 1. The summed E-state index contributed by atoms with van der Waals surface area (Å²) in [5.41, 5.74) is 4.10. The highest BCUT2D eigenvalue weighted by Crippen LogP contribution is 2.16. The Morgan fingerprint density at radius 1 is 1.07 bits per heavy atom. The van der Waals surface area contributed by atoms with Gasteiger partial charge in [-0.1, -0.05) is 18.2 Å². The van der Waals surface area contributed by atoms with Gasteiger partial charge < -0.3 is 10.2 Å². The lowest BCUT2D eigenvalue weighted by molar-refractivity contribution is 0.102. The molecular weight excluding hydrogens is 338 g/mol. The van der Waals surface area contributed by atoms with Crippen LogP contribution in [-0.2, 0) is 6.42 Å². The molecule has 0 aliphatic carbocycles. The number of aromatic nitrogens is 3. The molecule has 3 rings (SSSR count). The minimum Gasteiger partial charge on any atom is -0.344 e. The monoisotopic (exact) mass is 361 g/mol. The Kier molecular flexibility index (Phi) is 5.76. The number of nitrogens with one attached hydrogen (secondary N) is 1. The summed E-state index contributed by atoms with van der Waals surface area (Å²) < 4.78 is 0. The smallest absolute Gasteiger partial charge is 0.274 e. The predicted octanol–water partition coefficient (Wildman–Crippen LogP) is 3.42. The van der Waals surface area contributed by atoms with Crippen molar-refractivity contribution in [3.05, 3.63) is 77.4 Å². The molecule has 0 bridgehead atoms. The third-order valence-corrected chi connectivity index (χ3v) is 4.29. The maximum absolute atomic E-state index is 12.6. The van der Waals surface area contributed by atoms with Gasteiger partial charge in [-0.25, -0.2) is 9.97 Å². The molecule has 138 valence electrons.